The molecule has 0 saturated carbocycles. The van der Waals surface area contributed by atoms with Crippen LogP contribution in [0.1, 0.15) is 32.3 Å². The van der Waals surface area contributed by atoms with Gasteiger partial charge >= 0.3 is 0 Å². The van der Waals surface area contributed by atoms with E-state index in [0.29, 0.717) is 18.5 Å². The van der Waals surface area contributed by atoms with Gasteiger partial charge in [-0.25, -0.2) is 8.78 Å². The number of likely N-dealkylation sites (tertiary alicyclic amines) is 1. The van der Waals surface area contributed by atoms with Gasteiger partial charge in [0.2, 0.25) is 0 Å². The van der Waals surface area contributed by atoms with E-state index < -0.39 is 11.6 Å². The number of rotatable bonds is 5. The molecule has 1 aromatic rings. The highest BCUT2D eigenvalue weighted by atomic mass is 19.2. The van der Waals surface area contributed by atoms with E-state index in [1.54, 1.807) is 6.07 Å². The SMILES string of the molecule is CC(C)NCC1CCCN(Cc2ccc(F)c(F)c2)C1. The number of nitrogens with zero attached hydrogens (tertiary/aromatic N) is 1. The zero-order valence-electron chi connectivity index (χ0n) is 12.3. The summed E-state index contributed by atoms with van der Waals surface area (Å²) in [5.41, 5.74) is 0.848. The fraction of sp³-hybridized carbons (Fsp3) is 0.625. The molecule has 1 atom stereocenters. The number of hydrogen-bond donors (Lipinski definition) is 1. The van der Waals surface area contributed by atoms with Crippen molar-refractivity contribution in [3.8, 4) is 0 Å². The summed E-state index contributed by atoms with van der Waals surface area (Å²) in [6.45, 7) is 8.11. The van der Waals surface area contributed by atoms with Crippen molar-refractivity contribution >= 4 is 0 Å². The van der Waals surface area contributed by atoms with Gasteiger partial charge in [0.25, 0.3) is 0 Å². The normalized spacial score (nSPS) is 20.6. The largest absolute Gasteiger partial charge is 0.314 e. The van der Waals surface area contributed by atoms with Gasteiger partial charge in [-0.15, -0.1) is 0 Å². The first-order chi connectivity index (χ1) is 9.54. The lowest BCUT2D eigenvalue weighted by Gasteiger charge is -2.33. The van der Waals surface area contributed by atoms with Crippen LogP contribution in [-0.2, 0) is 6.54 Å². The molecule has 20 heavy (non-hydrogen) atoms. The predicted molar refractivity (Wildman–Crippen MR) is 77.5 cm³/mol. The van der Waals surface area contributed by atoms with Gasteiger partial charge in [-0.2, -0.15) is 0 Å². The van der Waals surface area contributed by atoms with E-state index in [1.165, 1.54) is 25.0 Å². The van der Waals surface area contributed by atoms with Crippen LogP contribution in [0.3, 0.4) is 0 Å². The minimum atomic E-state index is -0.772. The monoisotopic (exact) mass is 282 g/mol. The van der Waals surface area contributed by atoms with Crippen molar-refractivity contribution in [2.75, 3.05) is 19.6 Å². The summed E-state index contributed by atoms with van der Waals surface area (Å²) in [4.78, 5) is 2.34. The minimum Gasteiger partial charge on any atom is -0.314 e. The Bertz CT molecular complexity index is 434. The summed E-state index contributed by atoms with van der Waals surface area (Å²) in [6, 6.07) is 4.71. The maximum atomic E-state index is 13.2. The highest BCUT2D eigenvalue weighted by Crippen LogP contribution is 2.19. The van der Waals surface area contributed by atoms with E-state index in [2.05, 4.69) is 24.1 Å². The van der Waals surface area contributed by atoms with Gasteiger partial charge in [0.15, 0.2) is 11.6 Å². The molecule has 1 aliphatic heterocycles. The van der Waals surface area contributed by atoms with E-state index in [0.717, 1.165) is 25.2 Å². The summed E-state index contributed by atoms with van der Waals surface area (Å²) in [6.07, 6.45) is 2.42. The van der Waals surface area contributed by atoms with Crippen LogP contribution in [0.4, 0.5) is 8.78 Å². The second kappa shape index (κ2) is 7.14. The van der Waals surface area contributed by atoms with Crippen molar-refractivity contribution < 1.29 is 8.78 Å². The Morgan fingerprint density at radius 3 is 2.80 bits per heavy atom. The van der Waals surface area contributed by atoms with E-state index in [1.807, 2.05) is 0 Å². The van der Waals surface area contributed by atoms with E-state index in [-0.39, 0.29) is 0 Å². The summed E-state index contributed by atoms with van der Waals surface area (Å²) in [5, 5.41) is 3.48. The van der Waals surface area contributed by atoms with E-state index in [9.17, 15) is 8.78 Å². The van der Waals surface area contributed by atoms with Crippen molar-refractivity contribution in [2.45, 2.75) is 39.3 Å². The fourth-order valence-corrected chi connectivity index (χ4v) is 2.76. The molecule has 1 saturated heterocycles. The minimum absolute atomic E-state index is 0.511. The fourth-order valence-electron chi connectivity index (χ4n) is 2.76. The van der Waals surface area contributed by atoms with Gasteiger partial charge in [-0.1, -0.05) is 19.9 Å². The number of piperidine rings is 1. The Morgan fingerprint density at radius 1 is 1.30 bits per heavy atom. The molecule has 112 valence electrons. The summed E-state index contributed by atoms with van der Waals surface area (Å²) in [5.74, 6) is -0.875. The molecule has 2 nitrogen and oxygen atoms in total. The maximum Gasteiger partial charge on any atom is 0.159 e. The quantitative estimate of drug-likeness (QED) is 0.892. The third-order valence-electron chi connectivity index (χ3n) is 3.81. The Morgan fingerprint density at radius 2 is 2.10 bits per heavy atom. The van der Waals surface area contributed by atoms with Crippen molar-refractivity contribution in [2.24, 2.45) is 5.92 Å². The van der Waals surface area contributed by atoms with Gasteiger partial charge in [0.05, 0.1) is 0 Å². The average molecular weight is 282 g/mol. The summed E-state index contributed by atoms with van der Waals surface area (Å²) >= 11 is 0. The number of hydrogen-bond acceptors (Lipinski definition) is 2. The summed E-state index contributed by atoms with van der Waals surface area (Å²) in [7, 11) is 0. The molecule has 0 bridgehead atoms. The highest BCUT2D eigenvalue weighted by Gasteiger charge is 2.20. The third-order valence-corrected chi connectivity index (χ3v) is 3.81. The molecule has 0 spiro atoms. The molecule has 1 heterocycles. The molecule has 0 aromatic heterocycles. The van der Waals surface area contributed by atoms with Crippen LogP contribution < -0.4 is 5.32 Å². The van der Waals surface area contributed by atoms with E-state index >= 15 is 0 Å². The third kappa shape index (κ3) is 4.53. The Labute approximate surface area is 120 Å². The van der Waals surface area contributed by atoms with Gasteiger partial charge in [0, 0.05) is 19.1 Å². The maximum absolute atomic E-state index is 13.2. The first kappa shape index (κ1) is 15.4. The van der Waals surface area contributed by atoms with Crippen LogP contribution in [0, 0.1) is 17.6 Å². The Kier molecular flexibility index (Phi) is 5.49. The van der Waals surface area contributed by atoms with Crippen molar-refractivity contribution in [3.63, 3.8) is 0 Å². The van der Waals surface area contributed by atoms with Gasteiger partial charge in [-0.3, -0.25) is 4.90 Å². The lowest BCUT2D eigenvalue weighted by Crippen LogP contribution is -2.40. The molecule has 0 aliphatic carbocycles. The second-order valence-corrected chi connectivity index (χ2v) is 6.05. The molecule has 1 N–H and O–H groups in total. The van der Waals surface area contributed by atoms with Crippen LogP contribution in [0.15, 0.2) is 18.2 Å². The molecule has 1 unspecified atom stereocenters. The number of nitrogens with one attached hydrogen (secondary N) is 1. The van der Waals surface area contributed by atoms with Crippen LogP contribution in [-0.4, -0.2) is 30.6 Å². The van der Waals surface area contributed by atoms with Gasteiger partial charge < -0.3 is 5.32 Å². The topological polar surface area (TPSA) is 15.3 Å². The average Bonchev–Trinajstić information content (AvgIpc) is 2.41. The van der Waals surface area contributed by atoms with Gasteiger partial charge in [0.1, 0.15) is 0 Å². The molecule has 4 heteroatoms. The smallest absolute Gasteiger partial charge is 0.159 e. The lowest BCUT2D eigenvalue weighted by atomic mass is 9.97. The number of benzene rings is 1. The number of halogens is 2. The zero-order valence-corrected chi connectivity index (χ0v) is 12.3. The molecule has 1 aliphatic rings. The Balaban J connectivity index is 1.87. The first-order valence-corrected chi connectivity index (χ1v) is 7.44. The van der Waals surface area contributed by atoms with Crippen molar-refractivity contribution in [1.82, 2.24) is 10.2 Å². The van der Waals surface area contributed by atoms with Crippen LogP contribution in [0.2, 0.25) is 0 Å². The lowest BCUT2D eigenvalue weighted by molar-refractivity contribution is 0.163. The van der Waals surface area contributed by atoms with Crippen molar-refractivity contribution in [3.05, 3.63) is 35.4 Å². The van der Waals surface area contributed by atoms with E-state index in [4.69, 9.17) is 0 Å². The van der Waals surface area contributed by atoms with Crippen LogP contribution >= 0.6 is 0 Å². The van der Waals surface area contributed by atoms with Crippen molar-refractivity contribution in [1.29, 1.82) is 0 Å². The summed E-state index contributed by atoms with van der Waals surface area (Å²) < 4.78 is 26.1. The predicted octanol–water partition coefficient (Wildman–Crippen LogP) is 3.17. The second-order valence-electron chi connectivity index (χ2n) is 6.05. The molecular formula is C16H24F2N2. The zero-order chi connectivity index (χ0) is 14.5. The standard InChI is InChI=1S/C16H24F2N2/c1-12(2)19-9-14-4-3-7-20(11-14)10-13-5-6-15(17)16(18)8-13/h5-6,8,12,14,19H,3-4,7,9-11H2,1-2H3. The molecule has 1 aromatic carbocycles. The molecule has 0 radical (unpaired) electrons. The first-order valence-electron chi connectivity index (χ1n) is 7.44. The van der Waals surface area contributed by atoms with Gasteiger partial charge in [-0.05, 0) is 49.5 Å². The molecule has 2 rings (SSSR count). The van der Waals surface area contributed by atoms with Crippen LogP contribution in [0.25, 0.3) is 0 Å². The Hall–Kier alpha value is -1.00. The van der Waals surface area contributed by atoms with Crippen LogP contribution in [0.5, 0.6) is 0 Å². The molecular weight excluding hydrogens is 258 g/mol. The molecule has 1 fully saturated rings. The highest BCUT2D eigenvalue weighted by molar-refractivity contribution is 5.17. The molecule has 0 amide bonds.